The number of nitrogens with one attached hydrogen (secondary N) is 3. The third-order valence-corrected chi connectivity index (χ3v) is 6.40. The smallest absolute Gasteiger partial charge is 0.325 e. The largest absolute Gasteiger partial charge is 0.465 e. The molecule has 0 spiro atoms. The Morgan fingerprint density at radius 1 is 1.09 bits per heavy atom. The molecule has 1 fully saturated rings. The molecule has 2 aromatic rings. The number of sulfonamides is 1. The van der Waals surface area contributed by atoms with Crippen LogP contribution in [0.4, 0.5) is 21.9 Å². The first-order valence-electron chi connectivity index (χ1n) is 10.2. The van der Waals surface area contributed by atoms with E-state index in [1.165, 1.54) is 12.1 Å². The van der Waals surface area contributed by atoms with E-state index in [0.29, 0.717) is 22.1 Å². The molecule has 0 radical (unpaired) electrons. The summed E-state index contributed by atoms with van der Waals surface area (Å²) in [6, 6.07) is 10.2. The summed E-state index contributed by atoms with van der Waals surface area (Å²) in [7, 11) is -3.92. The molecule has 0 unspecified atom stereocenters. The van der Waals surface area contributed by atoms with Gasteiger partial charge in [0.25, 0.3) is 10.0 Å². The van der Waals surface area contributed by atoms with Gasteiger partial charge in [-0.2, -0.15) is 0 Å². The van der Waals surface area contributed by atoms with E-state index < -0.39 is 22.0 Å². The molecule has 1 saturated heterocycles. The summed E-state index contributed by atoms with van der Waals surface area (Å²) < 4.78 is 33.1. The van der Waals surface area contributed by atoms with Gasteiger partial charge < -0.3 is 20.3 Å². The molecular formula is C21H25ClN4O5S. The fourth-order valence-electron chi connectivity index (χ4n) is 3.28. The topological polar surface area (TPSA) is 117 Å². The molecule has 3 N–H and O–H groups in total. The number of halogens is 1. The van der Waals surface area contributed by atoms with Crippen LogP contribution in [0, 0.1) is 0 Å². The zero-order valence-corrected chi connectivity index (χ0v) is 19.1. The molecule has 2 aromatic carbocycles. The van der Waals surface area contributed by atoms with E-state index in [0.717, 1.165) is 25.9 Å². The van der Waals surface area contributed by atoms with Crippen molar-refractivity contribution in [2.45, 2.75) is 24.7 Å². The Balaban J connectivity index is 1.82. The van der Waals surface area contributed by atoms with Gasteiger partial charge >= 0.3 is 12.0 Å². The number of hydrogen-bond acceptors (Lipinski definition) is 6. The normalized spacial score (nSPS) is 13.5. The first-order valence-corrected chi connectivity index (χ1v) is 12.0. The minimum atomic E-state index is -3.92. The second-order valence-electron chi connectivity index (χ2n) is 7.10. The van der Waals surface area contributed by atoms with Crippen LogP contribution < -0.4 is 20.3 Å². The molecule has 0 aliphatic carbocycles. The molecular weight excluding hydrogens is 456 g/mol. The summed E-state index contributed by atoms with van der Waals surface area (Å²) in [5, 5.41) is 5.56. The van der Waals surface area contributed by atoms with Gasteiger partial charge in [-0.15, -0.1) is 0 Å². The van der Waals surface area contributed by atoms with Crippen LogP contribution in [0.2, 0.25) is 5.02 Å². The number of anilines is 3. The van der Waals surface area contributed by atoms with Crippen LogP contribution in [0.1, 0.15) is 19.8 Å². The molecule has 172 valence electrons. The van der Waals surface area contributed by atoms with Gasteiger partial charge in [0.2, 0.25) is 0 Å². The maximum absolute atomic E-state index is 12.9. The quantitative estimate of drug-likeness (QED) is 0.498. The lowest BCUT2D eigenvalue weighted by Gasteiger charge is -2.22. The van der Waals surface area contributed by atoms with Crippen LogP contribution in [0.5, 0.6) is 0 Å². The van der Waals surface area contributed by atoms with E-state index in [9.17, 15) is 18.0 Å². The summed E-state index contributed by atoms with van der Waals surface area (Å²) >= 11 is 5.85. The Morgan fingerprint density at radius 3 is 2.44 bits per heavy atom. The highest BCUT2D eigenvalue weighted by Crippen LogP contribution is 2.32. The maximum Gasteiger partial charge on any atom is 0.325 e. The van der Waals surface area contributed by atoms with E-state index in [-0.39, 0.29) is 18.0 Å². The maximum atomic E-state index is 12.9. The predicted molar refractivity (Wildman–Crippen MR) is 124 cm³/mol. The lowest BCUT2D eigenvalue weighted by molar-refractivity contribution is -0.141. The molecule has 1 heterocycles. The molecule has 1 aliphatic heterocycles. The number of carbonyl (C=O) groups is 2. The number of carbonyl (C=O) groups excluding carboxylic acids is 2. The lowest BCUT2D eigenvalue weighted by Crippen LogP contribution is -2.34. The summed E-state index contributed by atoms with van der Waals surface area (Å²) in [5.41, 5.74) is 1.39. The van der Waals surface area contributed by atoms with Crippen molar-refractivity contribution in [1.29, 1.82) is 0 Å². The molecule has 0 aromatic heterocycles. The highest BCUT2D eigenvalue weighted by molar-refractivity contribution is 7.92. The Bertz CT molecular complexity index is 1070. The van der Waals surface area contributed by atoms with Crippen molar-refractivity contribution in [1.82, 2.24) is 5.32 Å². The Kier molecular flexibility index (Phi) is 7.81. The van der Waals surface area contributed by atoms with Gasteiger partial charge in [0.15, 0.2) is 0 Å². The van der Waals surface area contributed by atoms with E-state index in [1.807, 2.05) is 0 Å². The molecule has 32 heavy (non-hydrogen) atoms. The molecule has 0 bridgehead atoms. The monoisotopic (exact) mass is 480 g/mol. The van der Waals surface area contributed by atoms with Crippen LogP contribution in [-0.4, -0.2) is 46.7 Å². The molecule has 0 atom stereocenters. The highest BCUT2D eigenvalue weighted by Gasteiger charge is 2.22. The second kappa shape index (κ2) is 10.6. The zero-order chi connectivity index (χ0) is 23.1. The van der Waals surface area contributed by atoms with Crippen LogP contribution in [0.15, 0.2) is 47.4 Å². The SMILES string of the molecule is CCOC(=O)CNC(=O)Nc1cc(S(=O)(=O)Nc2ccc(Cl)cc2)ccc1N1CCCC1. The summed E-state index contributed by atoms with van der Waals surface area (Å²) in [6.07, 6.45) is 2.01. The van der Waals surface area contributed by atoms with Gasteiger partial charge in [-0.25, -0.2) is 13.2 Å². The number of ether oxygens (including phenoxy) is 1. The van der Waals surface area contributed by atoms with Crippen LogP contribution in [0.25, 0.3) is 0 Å². The van der Waals surface area contributed by atoms with E-state index in [2.05, 4.69) is 20.3 Å². The molecule has 3 rings (SSSR count). The van der Waals surface area contributed by atoms with Crippen molar-refractivity contribution in [3.8, 4) is 0 Å². The lowest BCUT2D eigenvalue weighted by atomic mass is 10.2. The minimum absolute atomic E-state index is 0.0175. The number of esters is 1. The average molecular weight is 481 g/mol. The van der Waals surface area contributed by atoms with Crippen molar-refractivity contribution >= 4 is 50.7 Å². The van der Waals surface area contributed by atoms with Crippen molar-refractivity contribution in [2.75, 3.05) is 41.2 Å². The van der Waals surface area contributed by atoms with Gasteiger partial charge in [0.1, 0.15) is 6.54 Å². The Morgan fingerprint density at radius 2 is 1.78 bits per heavy atom. The van der Waals surface area contributed by atoms with E-state index in [4.69, 9.17) is 16.3 Å². The molecule has 1 aliphatic rings. The molecule has 0 saturated carbocycles. The average Bonchev–Trinajstić information content (AvgIpc) is 3.29. The van der Waals surface area contributed by atoms with Gasteiger partial charge in [0.05, 0.1) is 22.9 Å². The van der Waals surface area contributed by atoms with E-state index in [1.54, 1.807) is 37.3 Å². The van der Waals surface area contributed by atoms with Crippen molar-refractivity contribution in [2.24, 2.45) is 0 Å². The summed E-state index contributed by atoms with van der Waals surface area (Å²) in [5.74, 6) is -0.564. The fraction of sp³-hybridized carbons (Fsp3) is 0.333. The van der Waals surface area contributed by atoms with Gasteiger partial charge in [-0.1, -0.05) is 11.6 Å². The minimum Gasteiger partial charge on any atom is -0.465 e. The highest BCUT2D eigenvalue weighted by atomic mass is 35.5. The van der Waals surface area contributed by atoms with Crippen molar-refractivity contribution < 1.29 is 22.7 Å². The van der Waals surface area contributed by atoms with Gasteiger partial charge in [-0.3, -0.25) is 9.52 Å². The number of urea groups is 1. The van der Waals surface area contributed by atoms with Gasteiger partial charge in [-0.05, 0) is 62.2 Å². The number of rotatable bonds is 8. The number of nitrogens with zero attached hydrogens (tertiary/aromatic N) is 1. The first-order chi connectivity index (χ1) is 15.3. The van der Waals surface area contributed by atoms with Crippen LogP contribution >= 0.6 is 11.6 Å². The third kappa shape index (κ3) is 6.27. The Hall–Kier alpha value is -2.98. The fourth-order valence-corrected chi connectivity index (χ4v) is 4.49. The van der Waals surface area contributed by atoms with Crippen molar-refractivity contribution in [3.05, 3.63) is 47.5 Å². The van der Waals surface area contributed by atoms with Crippen molar-refractivity contribution in [3.63, 3.8) is 0 Å². The van der Waals surface area contributed by atoms with Crippen LogP contribution in [0.3, 0.4) is 0 Å². The number of benzene rings is 2. The van der Waals surface area contributed by atoms with E-state index >= 15 is 0 Å². The predicted octanol–water partition coefficient (Wildman–Crippen LogP) is 3.43. The number of hydrogen-bond donors (Lipinski definition) is 3. The standard InChI is InChI=1S/C21H25ClN4O5S/c1-2-31-20(27)14-23-21(28)24-18-13-17(9-10-19(18)26-11-3-4-12-26)32(29,30)25-16-7-5-15(22)6-8-16/h5-10,13,25H,2-4,11-12,14H2,1H3,(H2,23,24,28). The van der Waals surface area contributed by atoms with Crippen LogP contribution in [-0.2, 0) is 19.6 Å². The summed E-state index contributed by atoms with van der Waals surface area (Å²) in [4.78, 5) is 25.9. The second-order valence-corrected chi connectivity index (χ2v) is 9.22. The van der Waals surface area contributed by atoms with Gasteiger partial charge in [0, 0.05) is 23.8 Å². The summed E-state index contributed by atoms with van der Waals surface area (Å²) in [6.45, 7) is 3.18. The molecule has 11 heteroatoms. The molecule has 9 nitrogen and oxygen atoms in total. The first kappa shape index (κ1) is 23.7. The zero-order valence-electron chi connectivity index (χ0n) is 17.6. The number of amides is 2. The Labute approximate surface area is 192 Å². The third-order valence-electron chi connectivity index (χ3n) is 4.77. The molecule has 2 amide bonds.